The van der Waals surface area contributed by atoms with Crippen molar-refractivity contribution in [1.29, 1.82) is 0 Å². The number of aromatic nitrogens is 1. The summed E-state index contributed by atoms with van der Waals surface area (Å²) < 4.78 is 0. The van der Waals surface area contributed by atoms with E-state index < -0.39 is 5.91 Å². The van der Waals surface area contributed by atoms with Crippen LogP contribution in [0.5, 0.6) is 0 Å². The maximum Gasteiger partial charge on any atom is 0.252 e. The van der Waals surface area contributed by atoms with Crippen LogP contribution in [0.3, 0.4) is 0 Å². The highest BCUT2D eigenvalue weighted by atomic mass is 16.1. The Balaban J connectivity index is 2.21. The van der Waals surface area contributed by atoms with Crippen LogP contribution in [-0.2, 0) is 0 Å². The number of pyridine rings is 1. The van der Waals surface area contributed by atoms with Gasteiger partial charge in [0.25, 0.3) is 5.91 Å². The zero-order valence-corrected chi connectivity index (χ0v) is 10.6. The maximum atomic E-state index is 11.4. The van der Waals surface area contributed by atoms with Crippen molar-refractivity contribution in [2.75, 3.05) is 5.32 Å². The number of anilines is 1. The molecule has 0 spiro atoms. The molecule has 1 saturated carbocycles. The van der Waals surface area contributed by atoms with Gasteiger partial charge in [-0.3, -0.25) is 4.79 Å². The molecule has 0 radical (unpaired) electrons. The minimum Gasteiger partial charge on any atom is -0.365 e. The fourth-order valence-corrected chi connectivity index (χ4v) is 2.38. The van der Waals surface area contributed by atoms with Crippen LogP contribution in [0, 0.1) is 6.92 Å². The van der Waals surface area contributed by atoms with Crippen molar-refractivity contribution in [3.63, 3.8) is 0 Å². The van der Waals surface area contributed by atoms with Crippen molar-refractivity contribution in [2.45, 2.75) is 44.7 Å². The predicted molar refractivity (Wildman–Crippen MR) is 71.3 cm³/mol. The zero-order valence-electron chi connectivity index (χ0n) is 10.6. The van der Waals surface area contributed by atoms with Crippen molar-refractivity contribution in [2.24, 2.45) is 11.5 Å². The Kier molecular flexibility index (Phi) is 3.81. The molecule has 0 aromatic carbocycles. The first kappa shape index (κ1) is 12.8. The summed E-state index contributed by atoms with van der Waals surface area (Å²) in [6.45, 7) is 1.89. The lowest BCUT2D eigenvalue weighted by atomic mass is 9.91. The predicted octanol–water partition coefficient (Wildman–Crippen LogP) is 1.17. The number of hydrogen-bond donors (Lipinski definition) is 3. The lowest BCUT2D eigenvalue weighted by Gasteiger charge is -2.30. The first-order chi connectivity index (χ1) is 8.58. The normalized spacial score (nSPS) is 23.7. The lowest BCUT2D eigenvalue weighted by molar-refractivity contribution is 0.100. The molecule has 0 aliphatic heterocycles. The molecule has 2 atom stereocenters. The molecule has 1 aromatic heterocycles. The summed E-state index contributed by atoms with van der Waals surface area (Å²) in [6, 6.07) is 3.78. The van der Waals surface area contributed by atoms with Crippen molar-refractivity contribution in [3.05, 3.63) is 23.4 Å². The van der Waals surface area contributed by atoms with Gasteiger partial charge in [0.05, 0.1) is 5.56 Å². The van der Waals surface area contributed by atoms with Gasteiger partial charge in [-0.15, -0.1) is 0 Å². The van der Waals surface area contributed by atoms with Crippen molar-refractivity contribution < 1.29 is 4.79 Å². The van der Waals surface area contributed by atoms with Crippen LogP contribution < -0.4 is 16.8 Å². The molecule has 5 N–H and O–H groups in total. The molecule has 18 heavy (non-hydrogen) atoms. The van der Waals surface area contributed by atoms with E-state index in [1.165, 1.54) is 6.42 Å². The molecule has 1 aliphatic carbocycles. The topological polar surface area (TPSA) is 94.0 Å². The molecule has 0 saturated heterocycles. The van der Waals surface area contributed by atoms with E-state index in [0.29, 0.717) is 11.4 Å². The van der Waals surface area contributed by atoms with Gasteiger partial charge < -0.3 is 16.8 Å². The van der Waals surface area contributed by atoms with Gasteiger partial charge >= 0.3 is 0 Å². The molecule has 1 fully saturated rings. The van der Waals surface area contributed by atoms with E-state index in [4.69, 9.17) is 11.5 Å². The molecular formula is C13H20N4O. The number of aryl methyl sites for hydroxylation is 1. The molecule has 5 nitrogen and oxygen atoms in total. The van der Waals surface area contributed by atoms with E-state index in [1.807, 2.05) is 6.92 Å². The molecule has 0 unspecified atom stereocenters. The average Bonchev–Trinajstić information content (AvgIpc) is 2.32. The Morgan fingerprint density at radius 2 is 2.11 bits per heavy atom. The molecule has 0 bridgehead atoms. The van der Waals surface area contributed by atoms with Crippen LogP contribution in [-0.4, -0.2) is 23.0 Å². The standard InChI is InChI=1S/C13H20N4O/c1-8-6-7-9(12(15)18)13(16-8)17-11-5-3-2-4-10(11)14/h6-7,10-11H,2-5,14H2,1H3,(H2,15,18)(H,16,17)/t10-,11-/m1/s1. The molecule has 98 valence electrons. The smallest absolute Gasteiger partial charge is 0.252 e. The van der Waals surface area contributed by atoms with Crippen LogP contribution in [0.25, 0.3) is 0 Å². The van der Waals surface area contributed by atoms with Crippen LogP contribution >= 0.6 is 0 Å². The Morgan fingerprint density at radius 1 is 1.39 bits per heavy atom. The third kappa shape index (κ3) is 2.79. The number of primary amides is 1. The first-order valence-electron chi connectivity index (χ1n) is 6.37. The van der Waals surface area contributed by atoms with Gasteiger partial charge in [0.1, 0.15) is 5.82 Å². The SMILES string of the molecule is Cc1ccc(C(N)=O)c(N[C@@H]2CCCC[C@H]2N)n1. The average molecular weight is 248 g/mol. The van der Waals surface area contributed by atoms with Gasteiger partial charge in [-0.05, 0) is 31.9 Å². The summed E-state index contributed by atoms with van der Waals surface area (Å²) in [7, 11) is 0. The second-order valence-electron chi connectivity index (χ2n) is 4.91. The number of rotatable bonds is 3. The van der Waals surface area contributed by atoms with Crippen LogP contribution in [0.4, 0.5) is 5.82 Å². The molecule has 1 heterocycles. The Bertz CT molecular complexity index is 447. The van der Waals surface area contributed by atoms with Crippen molar-refractivity contribution >= 4 is 11.7 Å². The lowest BCUT2D eigenvalue weighted by Crippen LogP contribution is -2.43. The molecule has 1 amide bonds. The second kappa shape index (κ2) is 5.35. The Hall–Kier alpha value is -1.62. The van der Waals surface area contributed by atoms with E-state index in [1.54, 1.807) is 12.1 Å². The largest absolute Gasteiger partial charge is 0.365 e. The Labute approximate surface area is 107 Å². The summed E-state index contributed by atoms with van der Waals surface area (Å²) in [4.78, 5) is 15.7. The number of carbonyl (C=O) groups is 1. The minimum absolute atomic E-state index is 0.113. The van der Waals surface area contributed by atoms with Crippen LogP contribution in [0.2, 0.25) is 0 Å². The number of carbonyl (C=O) groups excluding carboxylic acids is 1. The van der Waals surface area contributed by atoms with Gasteiger partial charge in [-0.2, -0.15) is 0 Å². The summed E-state index contributed by atoms with van der Waals surface area (Å²) in [6.07, 6.45) is 4.34. The third-order valence-corrected chi connectivity index (χ3v) is 3.44. The second-order valence-corrected chi connectivity index (χ2v) is 4.91. The highest BCUT2D eigenvalue weighted by Gasteiger charge is 2.23. The van der Waals surface area contributed by atoms with Gasteiger partial charge in [0, 0.05) is 17.8 Å². The number of nitrogens with one attached hydrogen (secondary N) is 1. The third-order valence-electron chi connectivity index (χ3n) is 3.44. The zero-order chi connectivity index (χ0) is 13.1. The fourth-order valence-electron chi connectivity index (χ4n) is 2.38. The highest BCUT2D eigenvalue weighted by Crippen LogP contribution is 2.22. The van der Waals surface area contributed by atoms with E-state index >= 15 is 0 Å². The maximum absolute atomic E-state index is 11.4. The van der Waals surface area contributed by atoms with Crippen molar-refractivity contribution in [3.8, 4) is 0 Å². The van der Waals surface area contributed by atoms with Crippen molar-refractivity contribution in [1.82, 2.24) is 4.98 Å². The van der Waals surface area contributed by atoms with Gasteiger partial charge in [-0.25, -0.2) is 4.98 Å². The van der Waals surface area contributed by atoms with Crippen LogP contribution in [0.15, 0.2) is 12.1 Å². The fraction of sp³-hybridized carbons (Fsp3) is 0.538. The molecule has 1 aliphatic rings. The minimum atomic E-state index is -0.464. The molecular weight excluding hydrogens is 228 g/mol. The summed E-state index contributed by atoms with van der Waals surface area (Å²) in [5.41, 5.74) is 12.7. The summed E-state index contributed by atoms with van der Waals surface area (Å²) in [5, 5.41) is 3.28. The molecule has 5 heteroatoms. The van der Waals surface area contributed by atoms with E-state index in [0.717, 1.165) is 25.0 Å². The quantitative estimate of drug-likeness (QED) is 0.748. The van der Waals surface area contributed by atoms with Gasteiger partial charge in [0.15, 0.2) is 0 Å². The number of nitrogens with two attached hydrogens (primary N) is 2. The number of hydrogen-bond acceptors (Lipinski definition) is 4. The Morgan fingerprint density at radius 3 is 2.78 bits per heavy atom. The van der Waals surface area contributed by atoms with E-state index in [9.17, 15) is 4.79 Å². The summed E-state index contributed by atoms with van der Waals surface area (Å²) in [5.74, 6) is 0.0965. The van der Waals surface area contributed by atoms with E-state index in [-0.39, 0.29) is 12.1 Å². The molecule has 2 rings (SSSR count). The number of nitrogens with zero attached hydrogens (tertiary/aromatic N) is 1. The number of amides is 1. The van der Waals surface area contributed by atoms with Gasteiger partial charge in [-0.1, -0.05) is 12.8 Å². The monoisotopic (exact) mass is 248 g/mol. The highest BCUT2D eigenvalue weighted by molar-refractivity contribution is 5.97. The summed E-state index contributed by atoms with van der Waals surface area (Å²) >= 11 is 0. The first-order valence-corrected chi connectivity index (χ1v) is 6.37. The van der Waals surface area contributed by atoms with Crippen LogP contribution in [0.1, 0.15) is 41.7 Å². The van der Waals surface area contributed by atoms with Gasteiger partial charge in [0.2, 0.25) is 0 Å². The van der Waals surface area contributed by atoms with E-state index in [2.05, 4.69) is 10.3 Å². The molecule has 1 aromatic rings.